The second-order valence-corrected chi connectivity index (χ2v) is 5.29. The highest BCUT2D eigenvalue weighted by Gasteiger charge is 2.29. The number of alkyl carbamates (subject to hydrolysis) is 1. The molecule has 1 aliphatic rings. The van der Waals surface area contributed by atoms with Crippen LogP contribution in [0.1, 0.15) is 34.1 Å². The number of carbonyl (C=O) groups is 1. The van der Waals surface area contributed by atoms with Crippen LogP contribution in [-0.4, -0.2) is 36.5 Å². The molecule has 0 saturated carbocycles. The van der Waals surface area contributed by atoms with Crippen molar-refractivity contribution < 1.29 is 13.9 Å². The van der Waals surface area contributed by atoms with Gasteiger partial charge in [-0.15, -0.1) is 0 Å². The molecule has 0 aliphatic carbocycles. The molecule has 0 aromatic heterocycles. The first-order valence-corrected chi connectivity index (χ1v) is 5.65. The monoisotopic (exact) mass is 232 g/mol. The SMILES string of the molecule is CC1NCC(NC(=O)OC(C)(C)C)CC1F. The Kier molecular flexibility index (Phi) is 4.13. The third kappa shape index (κ3) is 4.35. The lowest BCUT2D eigenvalue weighted by Gasteiger charge is -2.31. The number of hydrogen-bond acceptors (Lipinski definition) is 3. The van der Waals surface area contributed by atoms with Gasteiger partial charge in [-0.25, -0.2) is 9.18 Å². The van der Waals surface area contributed by atoms with Gasteiger partial charge in [0, 0.05) is 25.0 Å². The van der Waals surface area contributed by atoms with Crippen LogP contribution in [0.25, 0.3) is 0 Å². The maximum atomic E-state index is 13.4. The normalized spacial score (nSPS) is 30.9. The number of nitrogens with one attached hydrogen (secondary N) is 2. The number of piperidine rings is 1. The van der Waals surface area contributed by atoms with Gasteiger partial charge >= 0.3 is 6.09 Å². The average Bonchev–Trinajstić information content (AvgIpc) is 2.08. The van der Waals surface area contributed by atoms with E-state index in [4.69, 9.17) is 4.74 Å². The lowest BCUT2D eigenvalue weighted by Crippen LogP contribution is -2.54. The van der Waals surface area contributed by atoms with Crippen LogP contribution in [0.2, 0.25) is 0 Å². The van der Waals surface area contributed by atoms with Crippen molar-refractivity contribution in [1.29, 1.82) is 0 Å². The van der Waals surface area contributed by atoms with Gasteiger partial charge in [-0.1, -0.05) is 0 Å². The summed E-state index contributed by atoms with van der Waals surface area (Å²) in [4.78, 5) is 11.4. The number of halogens is 1. The van der Waals surface area contributed by atoms with E-state index in [1.165, 1.54) is 0 Å². The Labute approximate surface area is 95.9 Å². The topological polar surface area (TPSA) is 50.4 Å². The summed E-state index contributed by atoms with van der Waals surface area (Å²) in [5, 5.41) is 5.67. The van der Waals surface area contributed by atoms with Crippen molar-refractivity contribution in [2.45, 2.75) is 58.0 Å². The Morgan fingerprint density at radius 1 is 1.50 bits per heavy atom. The maximum absolute atomic E-state index is 13.4. The molecule has 0 aromatic carbocycles. The van der Waals surface area contributed by atoms with E-state index in [9.17, 15) is 9.18 Å². The van der Waals surface area contributed by atoms with E-state index >= 15 is 0 Å². The van der Waals surface area contributed by atoms with Gasteiger partial charge in [0.25, 0.3) is 0 Å². The molecule has 1 amide bonds. The standard InChI is InChI=1S/C11H21FN2O2/c1-7-9(12)5-8(6-13-7)14-10(15)16-11(2,3)4/h7-9,13H,5-6H2,1-4H3,(H,14,15). The van der Waals surface area contributed by atoms with Crippen molar-refractivity contribution >= 4 is 6.09 Å². The first-order valence-electron chi connectivity index (χ1n) is 5.65. The predicted molar refractivity (Wildman–Crippen MR) is 60.1 cm³/mol. The minimum absolute atomic E-state index is 0.142. The largest absolute Gasteiger partial charge is 0.444 e. The maximum Gasteiger partial charge on any atom is 0.407 e. The van der Waals surface area contributed by atoms with Gasteiger partial charge in [-0.05, 0) is 27.7 Å². The van der Waals surface area contributed by atoms with Crippen LogP contribution in [-0.2, 0) is 4.74 Å². The van der Waals surface area contributed by atoms with Crippen LogP contribution in [0.4, 0.5) is 9.18 Å². The molecule has 1 aliphatic heterocycles. The molecule has 2 N–H and O–H groups in total. The highest BCUT2D eigenvalue weighted by atomic mass is 19.1. The second-order valence-electron chi connectivity index (χ2n) is 5.29. The van der Waals surface area contributed by atoms with Gasteiger partial charge in [-0.3, -0.25) is 0 Å². The molecule has 16 heavy (non-hydrogen) atoms. The summed E-state index contributed by atoms with van der Waals surface area (Å²) in [6.45, 7) is 7.78. The summed E-state index contributed by atoms with van der Waals surface area (Å²) < 4.78 is 18.5. The molecule has 4 nitrogen and oxygen atoms in total. The number of alkyl halides is 1. The molecule has 0 aromatic rings. The molecule has 1 fully saturated rings. The summed E-state index contributed by atoms with van der Waals surface area (Å²) in [6.07, 6.45) is -1.07. The molecule has 0 radical (unpaired) electrons. The summed E-state index contributed by atoms with van der Waals surface area (Å²) in [5.41, 5.74) is -0.519. The van der Waals surface area contributed by atoms with Crippen LogP contribution >= 0.6 is 0 Å². The van der Waals surface area contributed by atoms with Crippen molar-refractivity contribution in [2.24, 2.45) is 0 Å². The first kappa shape index (κ1) is 13.2. The Morgan fingerprint density at radius 2 is 2.12 bits per heavy atom. The van der Waals surface area contributed by atoms with Gasteiger partial charge in [-0.2, -0.15) is 0 Å². The van der Waals surface area contributed by atoms with Crippen molar-refractivity contribution in [3.8, 4) is 0 Å². The molecular formula is C11H21FN2O2. The van der Waals surface area contributed by atoms with Crippen LogP contribution in [0, 0.1) is 0 Å². The van der Waals surface area contributed by atoms with Gasteiger partial charge < -0.3 is 15.4 Å². The Hall–Kier alpha value is -0.840. The molecule has 1 heterocycles. The molecule has 1 saturated heterocycles. The summed E-state index contributed by atoms with van der Waals surface area (Å²) >= 11 is 0. The van der Waals surface area contributed by atoms with E-state index in [1.54, 1.807) is 27.7 Å². The minimum Gasteiger partial charge on any atom is -0.444 e. The lowest BCUT2D eigenvalue weighted by atomic mass is 10.0. The third-order valence-corrected chi connectivity index (χ3v) is 2.46. The van der Waals surface area contributed by atoms with Crippen LogP contribution in [0.15, 0.2) is 0 Å². The quantitative estimate of drug-likeness (QED) is 0.722. The van der Waals surface area contributed by atoms with Gasteiger partial charge in [0.05, 0.1) is 0 Å². The summed E-state index contributed by atoms with van der Waals surface area (Å²) in [7, 11) is 0. The molecule has 94 valence electrons. The molecule has 3 unspecified atom stereocenters. The van der Waals surface area contributed by atoms with Gasteiger partial charge in [0.15, 0.2) is 0 Å². The number of rotatable bonds is 1. The van der Waals surface area contributed by atoms with Crippen molar-refractivity contribution in [2.75, 3.05) is 6.54 Å². The number of amides is 1. The van der Waals surface area contributed by atoms with E-state index in [0.29, 0.717) is 13.0 Å². The number of ether oxygens (including phenoxy) is 1. The average molecular weight is 232 g/mol. The molecular weight excluding hydrogens is 211 g/mol. The number of carbonyl (C=O) groups excluding carboxylic acids is 1. The minimum atomic E-state index is -0.923. The number of hydrogen-bond donors (Lipinski definition) is 2. The molecule has 1 rings (SSSR count). The smallest absolute Gasteiger partial charge is 0.407 e. The zero-order valence-corrected chi connectivity index (χ0v) is 10.3. The van der Waals surface area contributed by atoms with E-state index in [-0.39, 0.29) is 12.1 Å². The fourth-order valence-electron chi connectivity index (χ4n) is 1.60. The van der Waals surface area contributed by atoms with E-state index in [0.717, 1.165) is 0 Å². The van der Waals surface area contributed by atoms with Crippen LogP contribution in [0.3, 0.4) is 0 Å². The Morgan fingerprint density at radius 3 is 2.62 bits per heavy atom. The van der Waals surface area contributed by atoms with Crippen molar-refractivity contribution in [1.82, 2.24) is 10.6 Å². The molecule has 3 atom stereocenters. The first-order chi connectivity index (χ1) is 7.28. The van der Waals surface area contributed by atoms with E-state index in [1.807, 2.05) is 0 Å². The fourth-order valence-corrected chi connectivity index (χ4v) is 1.60. The van der Waals surface area contributed by atoms with Crippen LogP contribution in [0.5, 0.6) is 0 Å². The summed E-state index contributed by atoms with van der Waals surface area (Å²) in [6, 6.07) is -0.335. The molecule has 0 bridgehead atoms. The third-order valence-electron chi connectivity index (χ3n) is 2.46. The molecule has 5 heteroatoms. The highest BCUT2D eigenvalue weighted by molar-refractivity contribution is 5.68. The van der Waals surface area contributed by atoms with Crippen molar-refractivity contribution in [3.63, 3.8) is 0 Å². The molecule has 0 spiro atoms. The van der Waals surface area contributed by atoms with Crippen LogP contribution < -0.4 is 10.6 Å². The van der Waals surface area contributed by atoms with E-state index in [2.05, 4.69) is 10.6 Å². The Bertz CT molecular complexity index is 253. The predicted octanol–water partition coefficient (Wildman–Crippen LogP) is 1.60. The summed E-state index contributed by atoms with van der Waals surface area (Å²) in [5.74, 6) is 0. The van der Waals surface area contributed by atoms with E-state index < -0.39 is 17.9 Å². The zero-order valence-electron chi connectivity index (χ0n) is 10.3. The second kappa shape index (κ2) is 4.99. The van der Waals surface area contributed by atoms with Gasteiger partial charge in [0.1, 0.15) is 11.8 Å². The Balaban J connectivity index is 2.35. The fraction of sp³-hybridized carbons (Fsp3) is 0.909. The zero-order chi connectivity index (χ0) is 12.3. The highest BCUT2D eigenvalue weighted by Crippen LogP contribution is 2.13. The lowest BCUT2D eigenvalue weighted by molar-refractivity contribution is 0.0476. The van der Waals surface area contributed by atoms with Crippen molar-refractivity contribution in [3.05, 3.63) is 0 Å². The van der Waals surface area contributed by atoms with Gasteiger partial charge in [0.2, 0.25) is 0 Å².